The van der Waals surface area contributed by atoms with Crippen LogP contribution >= 0.6 is 0 Å². The van der Waals surface area contributed by atoms with Crippen molar-refractivity contribution in [3.63, 3.8) is 0 Å². The van der Waals surface area contributed by atoms with Crippen molar-refractivity contribution in [2.24, 2.45) is 5.73 Å². The average Bonchev–Trinajstić information content (AvgIpc) is 2.41. The van der Waals surface area contributed by atoms with Gasteiger partial charge in [0.05, 0.1) is 0 Å². The normalized spacial score (nSPS) is 18.5. The van der Waals surface area contributed by atoms with Gasteiger partial charge in [-0.25, -0.2) is 0 Å². The minimum absolute atomic E-state index is 0.131. The smallest absolute Gasteiger partial charge is 0.0367 e. The van der Waals surface area contributed by atoms with Crippen LogP contribution in [-0.4, -0.2) is 0 Å². The summed E-state index contributed by atoms with van der Waals surface area (Å²) < 4.78 is 0. The van der Waals surface area contributed by atoms with E-state index in [4.69, 9.17) is 5.73 Å². The Bertz CT molecular complexity index is 573. The molecule has 0 amide bonds. The first kappa shape index (κ1) is 12.4. The van der Waals surface area contributed by atoms with Crippen LogP contribution in [0, 0.1) is 0 Å². The molecule has 0 aromatic heterocycles. The van der Waals surface area contributed by atoms with Gasteiger partial charge in [0.15, 0.2) is 0 Å². The summed E-state index contributed by atoms with van der Waals surface area (Å²) in [6.45, 7) is 2.22. The molecule has 0 radical (unpaired) electrons. The predicted molar refractivity (Wildman–Crippen MR) is 80.3 cm³/mol. The van der Waals surface area contributed by atoms with Crippen LogP contribution in [0.1, 0.15) is 47.6 Å². The zero-order chi connectivity index (χ0) is 13.2. The maximum Gasteiger partial charge on any atom is 0.0367 e. The van der Waals surface area contributed by atoms with Gasteiger partial charge < -0.3 is 5.73 Å². The lowest BCUT2D eigenvalue weighted by Gasteiger charge is -2.35. The molecule has 2 aromatic carbocycles. The van der Waals surface area contributed by atoms with Crippen molar-refractivity contribution in [1.29, 1.82) is 0 Å². The molecule has 2 N–H and O–H groups in total. The molecule has 0 bridgehead atoms. The van der Waals surface area contributed by atoms with Crippen LogP contribution in [0.2, 0.25) is 0 Å². The Morgan fingerprint density at radius 2 is 2.00 bits per heavy atom. The van der Waals surface area contributed by atoms with Gasteiger partial charge in [-0.2, -0.15) is 0 Å². The fourth-order valence-electron chi connectivity index (χ4n) is 3.09. The molecule has 0 spiro atoms. The Morgan fingerprint density at radius 1 is 1.16 bits per heavy atom. The summed E-state index contributed by atoms with van der Waals surface area (Å²) in [5.41, 5.74) is 12.1. The van der Waals surface area contributed by atoms with Crippen LogP contribution in [-0.2, 0) is 12.8 Å². The highest BCUT2D eigenvalue weighted by atomic mass is 14.7. The molecule has 0 aliphatic heterocycles. The van der Waals surface area contributed by atoms with E-state index >= 15 is 0 Å². The maximum absolute atomic E-state index is 6.48. The van der Waals surface area contributed by atoms with E-state index in [-0.39, 0.29) is 6.04 Å². The van der Waals surface area contributed by atoms with Crippen LogP contribution in [0.15, 0.2) is 48.5 Å². The van der Waals surface area contributed by atoms with E-state index in [1.165, 1.54) is 28.7 Å². The average molecular weight is 251 g/mol. The third-order valence-corrected chi connectivity index (χ3v) is 4.20. The molecule has 0 saturated heterocycles. The van der Waals surface area contributed by atoms with Gasteiger partial charge in [-0.05, 0) is 35.1 Å². The molecule has 0 heterocycles. The summed E-state index contributed by atoms with van der Waals surface area (Å²) in [5.74, 6) is 0.494. The van der Waals surface area contributed by atoms with Crippen molar-refractivity contribution in [2.45, 2.75) is 38.1 Å². The van der Waals surface area contributed by atoms with Gasteiger partial charge in [0.1, 0.15) is 0 Å². The largest absolute Gasteiger partial charge is 0.323 e. The molecule has 1 aliphatic carbocycles. The molecule has 2 atom stereocenters. The lowest BCUT2D eigenvalue weighted by atomic mass is 9.72. The zero-order valence-electron chi connectivity index (χ0n) is 11.5. The number of rotatable bonds is 4. The van der Waals surface area contributed by atoms with E-state index in [0.717, 1.165) is 12.8 Å². The van der Waals surface area contributed by atoms with Gasteiger partial charge in [-0.1, -0.05) is 61.9 Å². The minimum Gasteiger partial charge on any atom is -0.323 e. The highest BCUT2D eigenvalue weighted by Crippen LogP contribution is 2.42. The summed E-state index contributed by atoms with van der Waals surface area (Å²) in [6.07, 6.45) is 3.45. The van der Waals surface area contributed by atoms with Crippen molar-refractivity contribution < 1.29 is 0 Å². The molecule has 1 nitrogen and oxygen atoms in total. The Morgan fingerprint density at radius 3 is 2.79 bits per heavy atom. The number of hydrogen-bond acceptors (Lipinski definition) is 1. The molecule has 3 rings (SSSR count). The minimum atomic E-state index is 0.131. The first-order valence-electron chi connectivity index (χ1n) is 7.22. The zero-order valence-corrected chi connectivity index (χ0v) is 11.5. The van der Waals surface area contributed by atoms with Crippen LogP contribution in [0.25, 0.3) is 0 Å². The summed E-state index contributed by atoms with van der Waals surface area (Å²) in [5, 5.41) is 0. The van der Waals surface area contributed by atoms with Crippen molar-refractivity contribution >= 4 is 0 Å². The second-order valence-corrected chi connectivity index (χ2v) is 5.53. The summed E-state index contributed by atoms with van der Waals surface area (Å²) in [4.78, 5) is 0. The van der Waals surface area contributed by atoms with E-state index in [2.05, 4.69) is 55.5 Å². The van der Waals surface area contributed by atoms with Crippen LogP contribution < -0.4 is 5.73 Å². The monoisotopic (exact) mass is 251 g/mol. The third-order valence-electron chi connectivity index (χ3n) is 4.20. The SMILES string of the molecule is CCCc1cccc(C(N)C2Cc3ccccc32)c1. The summed E-state index contributed by atoms with van der Waals surface area (Å²) >= 11 is 0. The molecule has 0 fully saturated rings. The predicted octanol–water partition coefficient (Wildman–Crippen LogP) is 3.98. The van der Waals surface area contributed by atoms with E-state index in [0.29, 0.717) is 5.92 Å². The van der Waals surface area contributed by atoms with E-state index in [1.54, 1.807) is 0 Å². The molecule has 1 heteroatoms. The van der Waals surface area contributed by atoms with E-state index in [1.807, 2.05) is 0 Å². The molecule has 19 heavy (non-hydrogen) atoms. The first-order valence-corrected chi connectivity index (χ1v) is 7.22. The topological polar surface area (TPSA) is 26.0 Å². The Balaban J connectivity index is 1.82. The lowest BCUT2D eigenvalue weighted by molar-refractivity contribution is 0.499. The van der Waals surface area contributed by atoms with Gasteiger partial charge in [0.25, 0.3) is 0 Å². The molecule has 2 aromatic rings. The number of fused-ring (bicyclic) bond motifs is 1. The summed E-state index contributed by atoms with van der Waals surface area (Å²) in [6, 6.07) is 17.6. The number of nitrogens with two attached hydrogens (primary N) is 1. The van der Waals surface area contributed by atoms with Crippen molar-refractivity contribution in [3.05, 3.63) is 70.8 Å². The second-order valence-electron chi connectivity index (χ2n) is 5.53. The number of hydrogen-bond donors (Lipinski definition) is 1. The van der Waals surface area contributed by atoms with Crippen molar-refractivity contribution in [2.75, 3.05) is 0 Å². The standard InChI is InChI=1S/C18H21N/c1-2-6-13-7-5-9-15(11-13)18(19)17-12-14-8-3-4-10-16(14)17/h3-5,7-11,17-18H,2,6,12,19H2,1H3. The van der Waals surface area contributed by atoms with Gasteiger partial charge in [-0.15, -0.1) is 0 Å². The Kier molecular flexibility index (Phi) is 3.39. The van der Waals surface area contributed by atoms with Gasteiger partial charge >= 0.3 is 0 Å². The molecular weight excluding hydrogens is 230 g/mol. The molecule has 98 valence electrons. The van der Waals surface area contributed by atoms with E-state index in [9.17, 15) is 0 Å². The maximum atomic E-state index is 6.48. The molecule has 1 aliphatic rings. The van der Waals surface area contributed by atoms with Crippen molar-refractivity contribution in [1.82, 2.24) is 0 Å². The fourth-order valence-corrected chi connectivity index (χ4v) is 3.09. The third kappa shape index (κ3) is 2.31. The molecule has 0 saturated carbocycles. The summed E-state index contributed by atoms with van der Waals surface area (Å²) in [7, 11) is 0. The van der Waals surface area contributed by atoms with Gasteiger partial charge in [-0.3, -0.25) is 0 Å². The lowest BCUT2D eigenvalue weighted by Crippen LogP contribution is -2.29. The first-order chi connectivity index (χ1) is 9.29. The van der Waals surface area contributed by atoms with Crippen LogP contribution in [0.4, 0.5) is 0 Å². The Hall–Kier alpha value is -1.60. The highest BCUT2D eigenvalue weighted by Gasteiger charge is 2.31. The quantitative estimate of drug-likeness (QED) is 0.874. The Labute approximate surface area is 115 Å². The highest BCUT2D eigenvalue weighted by molar-refractivity contribution is 5.43. The van der Waals surface area contributed by atoms with Gasteiger partial charge in [0.2, 0.25) is 0 Å². The van der Waals surface area contributed by atoms with Gasteiger partial charge in [0, 0.05) is 12.0 Å². The number of aryl methyl sites for hydroxylation is 1. The van der Waals surface area contributed by atoms with Crippen LogP contribution in [0.3, 0.4) is 0 Å². The molecule has 2 unspecified atom stereocenters. The number of benzene rings is 2. The van der Waals surface area contributed by atoms with Crippen LogP contribution in [0.5, 0.6) is 0 Å². The fraction of sp³-hybridized carbons (Fsp3) is 0.333. The molecular formula is C18H21N. The second kappa shape index (κ2) is 5.18. The van der Waals surface area contributed by atoms with E-state index < -0.39 is 0 Å². The van der Waals surface area contributed by atoms with Crippen molar-refractivity contribution in [3.8, 4) is 0 Å².